The number of likely N-dealkylation sites (tertiary alicyclic amines) is 1. The van der Waals surface area contributed by atoms with Gasteiger partial charge in [-0.2, -0.15) is 11.8 Å². The number of hydrogen-bond donors (Lipinski definition) is 2. The second-order valence-corrected chi connectivity index (χ2v) is 15.3. The van der Waals surface area contributed by atoms with Crippen molar-refractivity contribution in [1.29, 1.82) is 0 Å². The number of aldehydes is 1. The number of piperazine rings is 1. The average molecular weight is 691 g/mol. The zero-order valence-electron chi connectivity index (χ0n) is 30.5. The maximum absolute atomic E-state index is 13.4. The molecule has 11 heteroatoms. The number of rotatable bonds is 13. The van der Waals surface area contributed by atoms with E-state index in [2.05, 4.69) is 58.6 Å². The number of hydrogen-bond acceptors (Lipinski definition) is 8. The van der Waals surface area contributed by atoms with Gasteiger partial charge in [0.2, 0.25) is 5.91 Å². The lowest BCUT2D eigenvalue weighted by Gasteiger charge is -2.35. The van der Waals surface area contributed by atoms with Gasteiger partial charge in [-0.05, 0) is 82.4 Å². The summed E-state index contributed by atoms with van der Waals surface area (Å²) >= 11 is 1.78. The normalized spacial score (nSPS) is 17.8. The summed E-state index contributed by atoms with van der Waals surface area (Å²) in [5, 5.41) is 6.39. The van der Waals surface area contributed by atoms with Crippen LogP contribution in [0.1, 0.15) is 75.9 Å². The van der Waals surface area contributed by atoms with E-state index in [-0.39, 0.29) is 28.5 Å². The number of amidine groups is 1. The maximum atomic E-state index is 13.4. The third-order valence-corrected chi connectivity index (χ3v) is 11.2. The summed E-state index contributed by atoms with van der Waals surface area (Å²) in [6, 6.07) is 13.9. The minimum Gasteiger partial charge on any atom is -0.495 e. The van der Waals surface area contributed by atoms with Gasteiger partial charge in [0.15, 0.2) is 0 Å². The molecule has 0 aromatic heterocycles. The second-order valence-electron chi connectivity index (χ2n) is 13.7. The maximum Gasteiger partial charge on any atom is 0.254 e. The molecule has 2 aliphatic heterocycles. The van der Waals surface area contributed by atoms with E-state index in [0.717, 1.165) is 61.6 Å². The summed E-state index contributed by atoms with van der Waals surface area (Å²) in [5.41, 5.74) is 4.89. The third-order valence-electron chi connectivity index (χ3n) is 9.61. The molecule has 0 spiro atoms. The van der Waals surface area contributed by atoms with Crippen LogP contribution < -0.4 is 15.4 Å². The lowest BCUT2D eigenvalue weighted by atomic mass is 9.95. The molecule has 2 amide bonds. The van der Waals surface area contributed by atoms with Gasteiger partial charge in [-0.25, -0.2) is 4.99 Å². The van der Waals surface area contributed by atoms with Gasteiger partial charge < -0.3 is 30.0 Å². The first-order valence-corrected chi connectivity index (χ1v) is 18.2. The molecule has 0 aliphatic carbocycles. The highest BCUT2D eigenvalue weighted by molar-refractivity contribution is 7.99. The van der Waals surface area contributed by atoms with Gasteiger partial charge in [-0.3, -0.25) is 14.5 Å². The van der Waals surface area contributed by atoms with Crippen molar-refractivity contribution in [2.75, 3.05) is 52.2 Å². The molecule has 0 radical (unpaired) electrons. The highest BCUT2D eigenvalue weighted by Crippen LogP contribution is 2.37. The fourth-order valence-corrected chi connectivity index (χ4v) is 7.26. The lowest BCUT2D eigenvalue weighted by Crippen LogP contribution is -2.48. The Hall–Kier alpha value is -3.83. The van der Waals surface area contributed by atoms with Crippen molar-refractivity contribution in [3.05, 3.63) is 70.5 Å². The first-order chi connectivity index (χ1) is 23.4. The van der Waals surface area contributed by atoms with Crippen LogP contribution in [0.25, 0.3) is 0 Å². The van der Waals surface area contributed by atoms with E-state index >= 15 is 0 Å². The number of nitrogens with zero attached hydrogens (tertiary/aromatic N) is 4. The molecule has 0 bridgehead atoms. The van der Waals surface area contributed by atoms with Crippen molar-refractivity contribution >= 4 is 41.4 Å². The molecule has 49 heavy (non-hydrogen) atoms. The number of amides is 2. The quantitative estimate of drug-likeness (QED) is 0.155. The molecule has 0 saturated carbocycles. The minimum absolute atomic E-state index is 0.00156. The molecule has 10 nitrogen and oxygen atoms in total. The zero-order valence-corrected chi connectivity index (χ0v) is 31.3. The number of thioether (sulfide) groups is 1. The monoisotopic (exact) mass is 690 g/mol. The fraction of sp³-hybridized carbons (Fsp3) is 0.526. The largest absolute Gasteiger partial charge is 0.495 e. The Morgan fingerprint density at radius 1 is 1.04 bits per heavy atom. The first kappa shape index (κ1) is 38.0. The van der Waals surface area contributed by atoms with Crippen LogP contribution >= 0.6 is 11.8 Å². The van der Waals surface area contributed by atoms with E-state index in [0.29, 0.717) is 36.8 Å². The average Bonchev–Trinajstić information content (AvgIpc) is 3.59. The highest BCUT2D eigenvalue weighted by atomic mass is 32.2. The molecule has 2 aromatic rings. The van der Waals surface area contributed by atoms with E-state index in [1.165, 1.54) is 11.1 Å². The van der Waals surface area contributed by atoms with Crippen molar-refractivity contribution in [1.82, 2.24) is 20.0 Å². The van der Waals surface area contributed by atoms with Crippen LogP contribution in [-0.4, -0.2) is 96.3 Å². The van der Waals surface area contributed by atoms with Crippen LogP contribution in [-0.2, 0) is 21.9 Å². The van der Waals surface area contributed by atoms with E-state index < -0.39 is 0 Å². The fourth-order valence-electron chi connectivity index (χ4n) is 6.17. The van der Waals surface area contributed by atoms with Gasteiger partial charge in [-0.15, -0.1) is 0 Å². The predicted octanol–water partition coefficient (Wildman–Crippen LogP) is 5.79. The highest BCUT2D eigenvalue weighted by Gasteiger charge is 2.38. The Kier molecular flexibility index (Phi) is 13.3. The number of anilines is 1. The number of aliphatic imine (C=N–C) groups is 1. The smallest absolute Gasteiger partial charge is 0.254 e. The summed E-state index contributed by atoms with van der Waals surface area (Å²) in [7, 11) is 3.45. The SMILES string of the molecule is CNC(/N=C(\C)Nc1ccc(C(=O)N2CCN(Cc3ccc(CSC(C)(C)C(C)C(=O)N4CCC[C@H]4C=O)cc3)CC2)cc1OC)=C(C)C. The van der Waals surface area contributed by atoms with Crippen molar-refractivity contribution < 1.29 is 19.1 Å². The number of nitrogens with one attached hydrogen (secondary N) is 2. The van der Waals surface area contributed by atoms with Gasteiger partial charge in [0.05, 0.1) is 18.8 Å². The number of ether oxygens (including phenoxy) is 1. The molecule has 2 aromatic carbocycles. The van der Waals surface area contributed by atoms with Crippen molar-refractivity contribution in [2.45, 2.75) is 77.5 Å². The number of allylic oxidation sites excluding steroid dienone is 1. The second kappa shape index (κ2) is 17.2. The molecule has 4 rings (SSSR count). The number of carbonyl (C=O) groups excluding carboxylic acids is 3. The van der Waals surface area contributed by atoms with Gasteiger partial charge in [0.1, 0.15) is 23.7 Å². The number of benzene rings is 2. The Morgan fingerprint density at radius 2 is 1.71 bits per heavy atom. The van der Waals surface area contributed by atoms with Gasteiger partial charge in [0.25, 0.3) is 5.91 Å². The van der Waals surface area contributed by atoms with Gasteiger partial charge in [0, 0.05) is 68.3 Å². The van der Waals surface area contributed by atoms with Gasteiger partial charge >= 0.3 is 0 Å². The van der Waals surface area contributed by atoms with Crippen LogP contribution in [0.5, 0.6) is 5.75 Å². The summed E-state index contributed by atoms with van der Waals surface area (Å²) < 4.78 is 5.36. The van der Waals surface area contributed by atoms with Crippen molar-refractivity contribution in [2.24, 2.45) is 10.9 Å². The summed E-state index contributed by atoms with van der Waals surface area (Å²) in [6.07, 6.45) is 2.58. The van der Waals surface area contributed by atoms with E-state index in [9.17, 15) is 14.4 Å². The topological polar surface area (TPSA) is 107 Å². The standard InChI is InChI=1S/C38H54N6O4S/c1-26(2)35(39-7)41-28(4)40-33-16-15-31(22-34(33)48-8)37(47)43-20-18-42(19-21-43)23-29-11-13-30(14-12-29)25-49-38(5,6)27(3)36(46)44-17-9-10-32(44)24-45/h11-16,22,24,27,32,39H,9-10,17-21,23,25H2,1-8H3,(H,40,41)/t27?,32-/m0/s1. The third kappa shape index (κ3) is 9.88. The van der Waals surface area contributed by atoms with E-state index in [4.69, 9.17) is 4.74 Å². The van der Waals surface area contributed by atoms with Crippen LogP contribution in [0.4, 0.5) is 5.69 Å². The minimum atomic E-state index is -0.271. The first-order valence-electron chi connectivity index (χ1n) is 17.2. The van der Waals surface area contributed by atoms with Crippen LogP contribution in [0.3, 0.4) is 0 Å². The summed E-state index contributed by atoms with van der Waals surface area (Å²) in [4.78, 5) is 48.7. The molecule has 2 heterocycles. The molecular formula is C38H54N6O4S. The van der Waals surface area contributed by atoms with Crippen molar-refractivity contribution in [3.8, 4) is 5.75 Å². The number of carbonyl (C=O) groups is 3. The van der Waals surface area contributed by atoms with Crippen LogP contribution in [0, 0.1) is 5.92 Å². The lowest BCUT2D eigenvalue weighted by molar-refractivity contribution is -0.138. The molecule has 2 aliphatic rings. The Balaban J connectivity index is 1.26. The van der Waals surface area contributed by atoms with Crippen molar-refractivity contribution in [3.63, 3.8) is 0 Å². The molecule has 2 N–H and O–H groups in total. The molecule has 1 unspecified atom stereocenters. The van der Waals surface area contributed by atoms with E-state index in [1.807, 2.05) is 51.8 Å². The number of methoxy groups -OCH3 is 1. The zero-order chi connectivity index (χ0) is 35.7. The Labute approximate surface area is 296 Å². The van der Waals surface area contributed by atoms with Crippen LogP contribution in [0.15, 0.2) is 58.9 Å². The summed E-state index contributed by atoms with van der Waals surface area (Å²) in [6.45, 7) is 16.6. The molecule has 266 valence electrons. The van der Waals surface area contributed by atoms with Gasteiger partial charge in [-0.1, -0.05) is 31.2 Å². The predicted molar refractivity (Wildman–Crippen MR) is 200 cm³/mol. The Bertz CT molecular complexity index is 1530. The van der Waals surface area contributed by atoms with E-state index in [1.54, 1.807) is 29.8 Å². The molecule has 2 atom stereocenters. The summed E-state index contributed by atoms with van der Waals surface area (Å²) in [5.74, 6) is 2.81. The molecular weight excluding hydrogens is 637 g/mol. The molecule has 2 fully saturated rings. The molecule has 2 saturated heterocycles. The van der Waals surface area contributed by atoms with Crippen LogP contribution in [0.2, 0.25) is 0 Å². The Morgan fingerprint density at radius 3 is 2.33 bits per heavy atom.